The van der Waals surface area contributed by atoms with Crippen molar-refractivity contribution in [3.05, 3.63) is 36.2 Å². The highest BCUT2D eigenvalue weighted by atomic mass is 16.2. The van der Waals surface area contributed by atoms with Crippen LogP contribution in [0, 0.1) is 12.8 Å². The monoisotopic (exact) mass is 370 g/mol. The average Bonchev–Trinajstić information content (AvgIpc) is 3.07. The first-order chi connectivity index (χ1) is 12.9. The van der Waals surface area contributed by atoms with Crippen molar-refractivity contribution in [1.82, 2.24) is 24.8 Å². The van der Waals surface area contributed by atoms with Crippen LogP contribution in [-0.4, -0.2) is 70.3 Å². The highest BCUT2D eigenvalue weighted by molar-refractivity contribution is 6.39. The maximum atomic E-state index is 12.4. The lowest BCUT2D eigenvalue weighted by molar-refractivity contribution is -0.142. The van der Waals surface area contributed by atoms with E-state index in [1.54, 1.807) is 30.1 Å². The van der Waals surface area contributed by atoms with Crippen molar-refractivity contribution in [1.29, 1.82) is 0 Å². The minimum atomic E-state index is -0.619. The normalized spacial score (nSPS) is 17.5. The first-order valence-electron chi connectivity index (χ1n) is 9.17. The predicted molar refractivity (Wildman–Crippen MR) is 103 cm³/mol. The molecule has 144 valence electrons. The van der Waals surface area contributed by atoms with E-state index in [1.807, 2.05) is 19.1 Å². The second kappa shape index (κ2) is 8.30. The molecule has 0 spiro atoms. The number of aromatic nitrogens is 3. The van der Waals surface area contributed by atoms with Crippen LogP contribution in [0.1, 0.15) is 18.5 Å². The molecule has 0 radical (unpaired) electrons. The number of carbonyl (C=O) groups excluding carboxylic acids is 2. The number of amides is 2. The lowest BCUT2D eigenvalue weighted by Crippen LogP contribution is -2.43. The topological polar surface area (TPSA) is 83.4 Å². The Kier molecular flexibility index (Phi) is 5.85. The number of aryl methyl sites for hydroxylation is 1. The number of nitrogens with one attached hydrogen (secondary N) is 1. The molecule has 3 rings (SSSR count). The maximum Gasteiger partial charge on any atom is 0.313 e. The summed E-state index contributed by atoms with van der Waals surface area (Å²) >= 11 is 0. The van der Waals surface area contributed by atoms with Crippen LogP contribution in [0.15, 0.2) is 30.5 Å². The Bertz CT molecular complexity index is 801. The van der Waals surface area contributed by atoms with Crippen molar-refractivity contribution in [2.24, 2.45) is 5.92 Å². The van der Waals surface area contributed by atoms with Crippen molar-refractivity contribution >= 4 is 17.5 Å². The zero-order chi connectivity index (χ0) is 19.4. The summed E-state index contributed by atoms with van der Waals surface area (Å²) in [6.45, 7) is 4.57. The molecule has 1 aliphatic heterocycles. The van der Waals surface area contributed by atoms with E-state index in [2.05, 4.69) is 27.6 Å². The summed E-state index contributed by atoms with van der Waals surface area (Å²) in [6.07, 6.45) is 3.90. The van der Waals surface area contributed by atoms with Gasteiger partial charge in [0.1, 0.15) is 0 Å². The third-order valence-electron chi connectivity index (χ3n) is 4.88. The van der Waals surface area contributed by atoms with Gasteiger partial charge in [-0.3, -0.25) is 9.59 Å². The van der Waals surface area contributed by atoms with Gasteiger partial charge in [0.15, 0.2) is 0 Å². The number of likely N-dealkylation sites (tertiary alicyclic amines) is 1. The van der Waals surface area contributed by atoms with E-state index < -0.39 is 11.8 Å². The summed E-state index contributed by atoms with van der Waals surface area (Å²) in [5, 5.41) is 10.5. The SMILES string of the molecule is Cc1cnnn1-c1ccc(NC(=O)C(=O)N(C)CC2CCCN(C)C2)cc1. The minimum absolute atomic E-state index is 0.413. The molecule has 2 heterocycles. The van der Waals surface area contributed by atoms with E-state index in [0.717, 1.165) is 37.3 Å². The van der Waals surface area contributed by atoms with E-state index in [0.29, 0.717) is 18.2 Å². The number of nitrogens with zero attached hydrogens (tertiary/aromatic N) is 5. The number of carbonyl (C=O) groups is 2. The van der Waals surface area contributed by atoms with Crippen molar-refractivity contribution in [3.8, 4) is 5.69 Å². The third kappa shape index (κ3) is 4.71. The Balaban J connectivity index is 1.56. The number of likely N-dealkylation sites (N-methyl/N-ethyl adjacent to an activating group) is 1. The fraction of sp³-hybridized carbons (Fsp3) is 0.474. The predicted octanol–water partition coefficient (Wildman–Crippen LogP) is 1.31. The van der Waals surface area contributed by atoms with E-state index in [1.165, 1.54) is 4.90 Å². The van der Waals surface area contributed by atoms with Crippen LogP contribution >= 0.6 is 0 Å². The summed E-state index contributed by atoms with van der Waals surface area (Å²) in [6, 6.07) is 7.14. The third-order valence-corrected chi connectivity index (χ3v) is 4.88. The molecule has 1 fully saturated rings. The Hall–Kier alpha value is -2.74. The van der Waals surface area contributed by atoms with E-state index in [4.69, 9.17) is 0 Å². The molecule has 1 aromatic carbocycles. The van der Waals surface area contributed by atoms with Crippen LogP contribution in [0.4, 0.5) is 5.69 Å². The second-order valence-electron chi connectivity index (χ2n) is 7.24. The Morgan fingerprint density at radius 2 is 2.04 bits per heavy atom. The van der Waals surface area contributed by atoms with Crippen LogP contribution in [-0.2, 0) is 9.59 Å². The Labute approximate surface area is 159 Å². The first kappa shape index (κ1) is 19.0. The Morgan fingerprint density at radius 3 is 2.67 bits per heavy atom. The molecule has 0 saturated carbocycles. The van der Waals surface area contributed by atoms with Gasteiger partial charge < -0.3 is 15.1 Å². The molecule has 2 aromatic rings. The maximum absolute atomic E-state index is 12.4. The van der Waals surface area contributed by atoms with Crippen LogP contribution in [0.25, 0.3) is 5.69 Å². The fourth-order valence-electron chi connectivity index (χ4n) is 3.48. The number of benzene rings is 1. The lowest BCUT2D eigenvalue weighted by Gasteiger charge is -2.32. The lowest BCUT2D eigenvalue weighted by atomic mass is 9.98. The van der Waals surface area contributed by atoms with Gasteiger partial charge in [-0.05, 0) is 63.5 Å². The number of rotatable bonds is 4. The number of anilines is 1. The average molecular weight is 370 g/mol. The molecule has 1 aromatic heterocycles. The summed E-state index contributed by atoms with van der Waals surface area (Å²) < 4.78 is 1.70. The zero-order valence-corrected chi connectivity index (χ0v) is 16.1. The second-order valence-corrected chi connectivity index (χ2v) is 7.24. The molecule has 1 unspecified atom stereocenters. The van der Waals surface area contributed by atoms with E-state index in [-0.39, 0.29) is 0 Å². The standard InChI is InChI=1S/C19H26N6O2/c1-14-11-20-22-25(14)17-8-6-16(7-9-17)21-18(26)19(27)24(3)13-15-5-4-10-23(2)12-15/h6-9,11,15H,4-5,10,12-13H2,1-3H3,(H,21,26). The van der Waals surface area contributed by atoms with Crippen LogP contribution in [0.3, 0.4) is 0 Å². The van der Waals surface area contributed by atoms with E-state index >= 15 is 0 Å². The molecule has 8 heteroatoms. The molecular formula is C19H26N6O2. The Morgan fingerprint density at radius 1 is 1.30 bits per heavy atom. The highest BCUT2D eigenvalue weighted by Gasteiger charge is 2.24. The van der Waals surface area contributed by atoms with Crippen molar-refractivity contribution in [2.45, 2.75) is 19.8 Å². The zero-order valence-electron chi connectivity index (χ0n) is 16.1. The molecule has 1 saturated heterocycles. The molecule has 1 atom stereocenters. The van der Waals surface area contributed by atoms with Gasteiger partial charge in [-0.25, -0.2) is 4.68 Å². The molecule has 0 bridgehead atoms. The van der Waals surface area contributed by atoms with Gasteiger partial charge in [0.05, 0.1) is 17.6 Å². The smallest absolute Gasteiger partial charge is 0.313 e. The van der Waals surface area contributed by atoms with Gasteiger partial charge in [0, 0.05) is 25.8 Å². The molecule has 8 nitrogen and oxygen atoms in total. The summed E-state index contributed by atoms with van der Waals surface area (Å²) in [5.74, 6) is -0.721. The molecule has 1 N–H and O–H groups in total. The van der Waals surface area contributed by atoms with Gasteiger partial charge in [-0.2, -0.15) is 0 Å². The fourth-order valence-corrected chi connectivity index (χ4v) is 3.48. The van der Waals surface area contributed by atoms with Gasteiger partial charge in [0.25, 0.3) is 0 Å². The number of piperidine rings is 1. The van der Waals surface area contributed by atoms with Gasteiger partial charge in [-0.1, -0.05) is 5.21 Å². The van der Waals surface area contributed by atoms with E-state index in [9.17, 15) is 9.59 Å². The summed E-state index contributed by atoms with van der Waals surface area (Å²) in [5.41, 5.74) is 2.32. The minimum Gasteiger partial charge on any atom is -0.337 e. The number of hydrogen-bond acceptors (Lipinski definition) is 5. The van der Waals surface area contributed by atoms with Gasteiger partial charge in [0.2, 0.25) is 0 Å². The van der Waals surface area contributed by atoms with Crippen LogP contribution in [0.2, 0.25) is 0 Å². The van der Waals surface area contributed by atoms with Gasteiger partial charge in [-0.15, -0.1) is 5.10 Å². The molecule has 0 aliphatic carbocycles. The first-order valence-corrected chi connectivity index (χ1v) is 9.17. The quantitative estimate of drug-likeness (QED) is 0.821. The van der Waals surface area contributed by atoms with Crippen molar-refractivity contribution in [3.63, 3.8) is 0 Å². The van der Waals surface area contributed by atoms with Crippen molar-refractivity contribution in [2.75, 3.05) is 39.0 Å². The molecule has 27 heavy (non-hydrogen) atoms. The largest absolute Gasteiger partial charge is 0.337 e. The van der Waals surface area contributed by atoms with Crippen LogP contribution in [0.5, 0.6) is 0 Å². The van der Waals surface area contributed by atoms with Crippen LogP contribution < -0.4 is 5.32 Å². The van der Waals surface area contributed by atoms with Gasteiger partial charge >= 0.3 is 11.8 Å². The summed E-state index contributed by atoms with van der Waals surface area (Å²) in [7, 11) is 3.78. The molecule has 1 aliphatic rings. The molecule has 2 amide bonds. The van der Waals surface area contributed by atoms with Crippen molar-refractivity contribution < 1.29 is 9.59 Å². The molecular weight excluding hydrogens is 344 g/mol. The number of hydrogen-bond donors (Lipinski definition) is 1. The highest BCUT2D eigenvalue weighted by Crippen LogP contribution is 2.17. The summed E-state index contributed by atoms with van der Waals surface area (Å²) in [4.78, 5) is 28.5.